The van der Waals surface area contributed by atoms with Gasteiger partial charge in [-0.05, 0) is 65.2 Å². The Hall–Kier alpha value is -4.94. The van der Waals surface area contributed by atoms with Gasteiger partial charge in [0.15, 0.2) is 11.6 Å². The Kier molecular flexibility index (Phi) is 6.51. The van der Waals surface area contributed by atoms with Gasteiger partial charge in [0.05, 0.1) is 17.5 Å². The smallest absolute Gasteiger partial charge is 0.238 e. The third-order valence-corrected chi connectivity index (χ3v) is 9.01. The van der Waals surface area contributed by atoms with E-state index in [4.69, 9.17) is 16.3 Å². The van der Waals surface area contributed by atoms with Crippen molar-refractivity contribution < 1.29 is 19.1 Å². The summed E-state index contributed by atoms with van der Waals surface area (Å²) in [6.45, 7) is 3.93. The molecule has 7 heteroatoms. The summed E-state index contributed by atoms with van der Waals surface area (Å²) in [7, 11) is 0. The molecule has 3 aliphatic rings. The number of fused-ring (bicyclic) bond motifs is 6. The second kappa shape index (κ2) is 10.4. The van der Waals surface area contributed by atoms with Crippen LogP contribution in [0, 0.1) is 5.92 Å². The fraction of sp³-hybridized carbons (Fsp3) is 0.139. The second-order valence-electron chi connectivity index (χ2n) is 10.9. The predicted molar refractivity (Wildman–Crippen MR) is 166 cm³/mol. The van der Waals surface area contributed by atoms with Crippen LogP contribution in [0.15, 0.2) is 116 Å². The van der Waals surface area contributed by atoms with Gasteiger partial charge in [0.2, 0.25) is 5.91 Å². The summed E-state index contributed by atoms with van der Waals surface area (Å²) in [5, 5.41) is 3.57. The Morgan fingerprint density at radius 1 is 0.930 bits per heavy atom. The molecule has 0 saturated carbocycles. The van der Waals surface area contributed by atoms with Crippen LogP contribution in [0.4, 0.5) is 5.69 Å². The van der Waals surface area contributed by atoms with Crippen LogP contribution in [0.3, 0.4) is 0 Å². The summed E-state index contributed by atoms with van der Waals surface area (Å²) >= 11 is 6.17. The molecule has 212 valence electrons. The summed E-state index contributed by atoms with van der Waals surface area (Å²) in [4.78, 5) is 46.2. The Bertz CT molecular complexity index is 1830. The lowest BCUT2D eigenvalue weighted by Gasteiger charge is -2.38. The van der Waals surface area contributed by atoms with Gasteiger partial charge >= 0.3 is 0 Å². The number of hydrogen-bond donors (Lipinski definition) is 1. The number of para-hydroxylation sites is 2. The molecule has 1 fully saturated rings. The van der Waals surface area contributed by atoms with Crippen LogP contribution in [-0.2, 0) is 10.2 Å². The molecule has 4 aromatic carbocycles. The van der Waals surface area contributed by atoms with E-state index in [2.05, 4.69) is 11.9 Å². The highest BCUT2D eigenvalue weighted by Gasteiger charge is 2.70. The largest absolute Gasteiger partial charge is 0.489 e. The number of hydrogen-bond acceptors (Lipinski definition) is 5. The maximum absolute atomic E-state index is 15.1. The zero-order chi connectivity index (χ0) is 29.7. The number of Topliss-reactive ketones (excluding diaryl/α,β-unsaturated/α-hetero) is 2. The van der Waals surface area contributed by atoms with Crippen LogP contribution in [0.2, 0.25) is 5.02 Å². The van der Waals surface area contributed by atoms with E-state index < -0.39 is 23.4 Å². The van der Waals surface area contributed by atoms with Crippen molar-refractivity contribution in [2.24, 2.45) is 5.92 Å². The number of halogens is 1. The fourth-order valence-electron chi connectivity index (χ4n) is 7.06. The van der Waals surface area contributed by atoms with E-state index >= 15 is 4.79 Å². The zero-order valence-corrected chi connectivity index (χ0v) is 23.8. The van der Waals surface area contributed by atoms with Crippen LogP contribution < -0.4 is 10.1 Å². The first-order chi connectivity index (χ1) is 21.0. The molecule has 6 nitrogen and oxygen atoms in total. The van der Waals surface area contributed by atoms with Gasteiger partial charge in [0.1, 0.15) is 23.8 Å². The number of ether oxygens (including phenoxy) is 1. The molecule has 0 radical (unpaired) electrons. The molecule has 1 N–H and O–H groups in total. The standard InChI is InChI=1S/C36H27ClN2O4/c1-2-21-43-29-14-8-5-11-26(29)33(41)30-31(32(40)23-15-17-24(37)18-16-23)39-20-19-22-9-3-4-10-25(22)34(39)36(30)27-12-6-7-13-28(27)38-35(36)42/h2-20,30-31,34H,1,21H2,(H,38,42)/t30-,31+,34-,36+/m0/s1. The highest BCUT2D eigenvalue weighted by atomic mass is 35.5. The zero-order valence-electron chi connectivity index (χ0n) is 23.1. The average Bonchev–Trinajstić information content (AvgIpc) is 3.52. The Balaban J connectivity index is 1.52. The van der Waals surface area contributed by atoms with Crippen LogP contribution in [-0.4, -0.2) is 35.0 Å². The molecule has 0 aliphatic carbocycles. The first-order valence-electron chi connectivity index (χ1n) is 14.1. The summed E-state index contributed by atoms with van der Waals surface area (Å²) in [5.41, 5.74) is 2.41. The van der Waals surface area contributed by atoms with Crippen LogP contribution in [0.1, 0.15) is 43.4 Å². The van der Waals surface area contributed by atoms with Crippen molar-refractivity contribution in [3.05, 3.63) is 149 Å². The van der Waals surface area contributed by atoms with Crippen molar-refractivity contribution >= 4 is 40.8 Å². The van der Waals surface area contributed by atoms with Crippen molar-refractivity contribution in [1.82, 2.24) is 4.90 Å². The molecule has 0 bridgehead atoms. The summed E-state index contributed by atoms with van der Waals surface area (Å²) < 4.78 is 5.92. The molecule has 1 saturated heterocycles. The van der Waals surface area contributed by atoms with E-state index in [9.17, 15) is 9.59 Å². The number of nitrogens with one attached hydrogen (secondary N) is 1. The van der Waals surface area contributed by atoms with E-state index in [1.807, 2.05) is 65.7 Å². The number of amides is 1. The summed E-state index contributed by atoms with van der Waals surface area (Å²) in [6.07, 6.45) is 5.40. The molecule has 4 aromatic rings. The van der Waals surface area contributed by atoms with Gasteiger partial charge in [-0.15, -0.1) is 0 Å². The number of carbonyl (C=O) groups is 3. The van der Waals surface area contributed by atoms with Crippen molar-refractivity contribution in [1.29, 1.82) is 0 Å². The molecule has 3 heterocycles. The number of ketones is 2. The first kappa shape index (κ1) is 26.9. The SMILES string of the molecule is C=CCOc1ccccc1C(=O)[C@@H]1[C@H](C(=O)c2ccc(Cl)cc2)N2C=Cc3ccccc3[C@H]2[C@]12C(=O)Nc1ccccc12. The highest BCUT2D eigenvalue weighted by Crippen LogP contribution is 2.62. The van der Waals surface area contributed by atoms with Gasteiger partial charge in [0.25, 0.3) is 0 Å². The number of anilines is 1. The van der Waals surface area contributed by atoms with Crippen molar-refractivity contribution in [3.8, 4) is 5.75 Å². The monoisotopic (exact) mass is 586 g/mol. The lowest BCUT2D eigenvalue weighted by Crippen LogP contribution is -2.49. The van der Waals surface area contributed by atoms with Crippen molar-refractivity contribution in [3.63, 3.8) is 0 Å². The fourth-order valence-corrected chi connectivity index (χ4v) is 7.19. The minimum atomic E-state index is -1.42. The normalized spacial score (nSPS) is 22.9. The maximum Gasteiger partial charge on any atom is 0.238 e. The Labute approximate surface area is 254 Å². The van der Waals surface area contributed by atoms with E-state index in [0.717, 1.165) is 11.1 Å². The number of rotatable bonds is 7. The van der Waals surface area contributed by atoms with Gasteiger partial charge < -0.3 is 15.0 Å². The molecule has 7 rings (SSSR count). The highest BCUT2D eigenvalue weighted by molar-refractivity contribution is 6.30. The molecule has 3 aliphatic heterocycles. The van der Waals surface area contributed by atoms with E-state index in [1.165, 1.54) is 0 Å². The number of benzene rings is 4. The molecule has 43 heavy (non-hydrogen) atoms. The molecule has 1 spiro atoms. The molecule has 0 aromatic heterocycles. The lowest BCUT2D eigenvalue weighted by atomic mass is 9.62. The Morgan fingerprint density at radius 3 is 2.47 bits per heavy atom. The van der Waals surface area contributed by atoms with Gasteiger partial charge in [-0.25, -0.2) is 0 Å². The molecular weight excluding hydrogens is 560 g/mol. The first-order valence-corrected chi connectivity index (χ1v) is 14.5. The van der Waals surface area contributed by atoms with Crippen molar-refractivity contribution in [2.45, 2.75) is 17.5 Å². The van der Waals surface area contributed by atoms with E-state index in [0.29, 0.717) is 33.1 Å². The molecule has 0 unspecified atom stereocenters. The third kappa shape index (κ3) is 3.97. The second-order valence-corrected chi connectivity index (χ2v) is 11.4. The average molecular weight is 587 g/mol. The topological polar surface area (TPSA) is 75.7 Å². The van der Waals surface area contributed by atoms with Gasteiger partial charge in [-0.3, -0.25) is 14.4 Å². The van der Waals surface area contributed by atoms with Crippen LogP contribution >= 0.6 is 11.6 Å². The minimum absolute atomic E-state index is 0.196. The third-order valence-electron chi connectivity index (χ3n) is 8.76. The van der Waals surface area contributed by atoms with Gasteiger partial charge in [-0.2, -0.15) is 0 Å². The lowest BCUT2D eigenvalue weighted by molar-refractivity contribution is -0.122. The number of nitrogens with zero attached hydrogens (tertiary/aromatic N) is 1. The van der Waals surface area contributed by atoms with Crippen LogP contribution in [0.5, 0.6) is 5.75 Å². The predicted octanol–water partition coefficient (Wildman–Crippen LogP) is 6.89. The molecular formula is C36H27ClN2O4. The van der Waals surface area contributed by atoms with E-state index in [-0.39, 0.29) is 24.1 Å². The quantitative estimate of drug-likeness (QED) is 0.189. The van der Waals surface area contributed by atoms with Crippen molar-refractivity contribution in [2.75, 3.05) is 11.9 Å². The van der Waals surface area contributed by atoms with Crippen LogP contribution in [0.25, 0.3) is 6.08 Å². The molecule has 1 amide bonds. The molecule has 4 atom stereocenters. The van der Waals surface area contributed by atoms with Gasteiger partial charge in [0, 0.05) is 22.5 Å². The maximum atomic E-state index is 15.1. The summed E-state index contributed by atoms with van der Waals surface area (Å²) in [5.74, 6) is -1.67. The number of carbonyl (C=O) groups excluding carboxylic acids is 3. The summed E-state index contributed by atoms with van der Waals surface area (Å²) in [6, 6.07) is 27.2. The van der Waals surface area contributed by atoms with E-state index in [1.54, 1.807) is 54.6 Å². The minimum Gasteiger partial charge on any atom is -0.489 e. The Morgan fingerprint density at radius 2 is 1.65 bits per heavy atom. The van der Waals surface area contributed by atoms with Gasteiger partial charge in [-0.1, -0.05) is 78.9 Å².